The predicted octanol–water partition coefficient (Wildman–Crippen LogP) is 23.3. The van der Waals surface area contributed by atoms with Crippen molar-refractivity contribution in [3.05, 3.63) is 264 Å². The second-order valence-corrected chi connectivity index (χ2v) is 32.5. The molecule has 3 heterocycles. The van der Waals surface area contributed by atoms with E-state index in [1.807, 2.05) is 0 Å². The number of benzene rings is 11. The maximum Gasteiger partial charge on any atom is 0.252 e. The summed E-state index contributed by atoms with van der Waals surface area (Å²) in [5.74, 6) is 0. The summed E-state index contributed by atoms with van der Waals surface area (Å²) in [6.07, 6.45) is 0. The molecule has 0 bridgehead atoms. The summed E-state index contributed by atoms with van der Waals surface area (Å²) in [4.78, 5) is 4.94. The van der Waals surface area contributed by atoms with E-state index >= 15 is 0 Å². The van der Waals surface area contributed by atoms with Crippen LogP contribution in [-0.4, -0.2) is 11.3 Å². The summed E-state index contributed by atoms with van der Waals surface area (Å²) in [6.45, 7) is 40.0. The summed E-state index contributed by atoms with van der Waals surface area (Å²) >= 11 is 0. The van der Waals surface area contributed by atoms with E-state index < -0.39 is 43.0 Å². The van der Waals surface area contributed by atoms with Gasteiger partial charge in [0.05, 0.1) is 39.1 Å². The van der Waals surface area contributed by atoms with Gasteiger partial charge >= 0.3 is 0 Å². The Balaban J connectivity index is 1.24. The van der Waals surface area contributed by atoms with Gasteiger partial charge in [-0.2, -0.15) is 0 Å². The monoisotopic (exact) mass is 1230 g/mol. The molecule has 14 rings (SSSR count). The van der Waals surface area contributed by atoms with Crippen LogP contribution >= 0.6 is 0 Å². The first-order valence-corrected chi connectivity index (χ1v) is 33.5. The van der Waals surface area contributed by atoms with Gasteiger partial charge in [-0.05, 0) is 141 Å². The van der Waals surface area contributed by atoms with Crippen molar-refractivity contribution in [2.75, 3.05) is 9.80 Å². The molecule has 2 aliphatic heterocycles. The molecule has 0 saturated carbocycles. The molecule has 0 fully saturated rings. The van der Waals surface area contributed by atoms with Crippen molar-refractivity contribution in [2.24, 2.45) is 0 Å². The summed E-state index contributed by atoms with van der Waals surface area (Å²) in [7, 11) is 0. The lowest BCUT2D eigenvalue weighted by molar-refractivity contribution is 0.590. The maximum atomic E-state index is 10.1. The number of fused-ring (bicyclic) bond motifs is 7. The molecule has 0 atom stereocenters. The van der Waals surface area contributed by atoms with E-state index in [4.69, 9.17) is 0 Å². The fourth-order valence-electron chi connectivity index (χ4n) is 14.3. The summed E-state index contributed by atoms with van der Waals surface area (Å²) < 4.78 is 78.8. The van der Waals surface area contributed by atoms with E-state index in [9.17, 15) is 11.0 Å². The Hall–Kier alpha value is -9.12. The molecule has 0 aliphatic carbocycles. The molecule has 0 N–H and O–H groups in total. The molecule has 470 valence electrons. The molecule has 4 heteroatoms. The first kappa shape index (κ1) is 53.3. The van der Waals surface area contributed by atoms with Crippen molar-refractivity contribution < 1.29 is 11.0 Å². The molecular weight excluding hydrogens is 1130 g/mol. The van der Waals surface area contributed by atoms with Crippen LogP contribution in [0.5, 0.6) is 0 Å². The minimum absolute atomic E-state index is 0.0105. The van der Waals surface area contributed by atoms with Crippen molar-refractivity contribution in [1.29, 1.82) is 0 Å². The van der Waals surface area contributed by atoms with Gasteiger partial charge in [-0.3, -0.25) is 0 Å². The molecule has 2 aliphatic rings. The van der Waals surface area contributed by atoms with E-state index in [2.05, 4.69) is 316 Å². The highest BCUT2D eigenvalue weighted by molar-refractivity contribution is 7.00. The molecule has 0 unspecified atom stereocenters. The van der Waals surface area contributed by atoms with Crippen LogP contribution in [0.2, 0.25) is 0 Å². The highest BCUT2D eigenvalue weighted by Crippen LogP contribution is 2.55. The summed E-state index contributed by atoms with van der Waals surface area (Å²) in [5, 5.41) is 0.0210. The van der Waals surface area contributed by atoms with Crippen LogP contribution in [0.25, 0.3) is 72.0 Å². The second-order valence-electron chi connectivity index (χ2n) is 32.5. The van der Waals surface area contributed by atoms with Gasteiger partial charge in [0.25, 0.3) is 6.71 Å². The molecule has 11 aromatic carbocycles. The Morgan fingerprint density at radius 1 is 0.298 bits per heavy atom. The Bertz CT molecular complexity index is 4930. The lowest BCUT2D eigenvalue weighted by Gasteiger charge is -2.46. The Morgan fingerprint density at radius 2 is 0.574 bits per heavy atom. The molecule has 0 spiro atoms. The van der Waals surface area contributed by atoms with E-state index in [0.717, 1.165) is 106 Å². The van der Waals surface area contributed by atoms with Gasteiger partial charge in [-0.15, -0.1) is 0 Å². The zero-order valence-electron chi connectivity index (χ0n) is 66.2. The third-order valence-electron chi connectivity index (χ3n) is 19.8. The maximum absolute atomic E-state index is 10.1. The third kappa shape index (κ3) is 10.8. The van der Waals surface area contributed by atoms with Gasteiger partial charge in [-0.25, -0.2) is 0 Å². The van der Waals surface area contributed by atoms with E-state index in [1.54, 1.807) is 4.57 Å². The molecule has 0 radical (unpaired) electrons. The number of nitrogens with zero attached hydrogens (tertiary/aromatic N) is 3. The molecule has 1 aromatic heterocycles. The van der Waals surface area contributed by atoms with E-state index in [0.29, 0.717) is 5.69 Å². The lowest BCUT2D eigenvalue weighted by atomic mass is 9.33. The Morgan fingerprint density at radius 3 is 0.862 bits per heavy atom. The number of anilines is 6. The third-order valence-corrected chi connectivity index (χ3v) is 19.8. The van der Waals surface area contributed by atoms with Crippen LogP contribution < -0.4 is 26.2 Å². The van der Waals surface area contributed by atoms with Gasteiger partial charge in [0, 0.05) is 55.8 Å². The SMILES string of the molecule is [2H]c1c([2H])c([2H])c2c(c1[2H])c1c([2H])c([2H])c([2H])c([2H])c1n2-c1cc2c3c(c1)N(c1c(-c4ccc(C(C)(C)C)cc4)cccc1-c1ccc(C(C)(C)C)cc1)c1cc(C(C)(C)C)ccc1B3c1ccc(C(C)(C)C)cc1N2c1c(-c2ccc(C(C)(C)C)cc2)cccc1-c1ccc(C(C)(C)C)cc1. The largest absolute Gasteiger partial charge is 0.310 e. The number of para-hydroxylation sites is 4. The molecule has 0 saturated heterocycles. The topological polar surface area (TPSA) is 11.4 Å². The Labute approximate surface area is 572 Å². The van der Waals surface area contributed by atoms with Gasteiger partial charge in [0.1, 0.15) is 0 Å². The Kier molecular flexibility index (Phi) is 12.6. The smallest absolute Gasteiger partial charge is 0.252 e. The summed E-state index contributed by atoms with van der Waals surface area (Å²) in [6, 6.07) is 64.2. The quantitative estimate of drug-likeness (QED) is 0.147. The second kappa shape index (κ2) is 22.3. The molecule has 94 heavy (non-hydrogen) atoms. The average molecular weight is 1230 g/mol. The normalized spacial score (nSPS) is 14.8. The zero-order valence-corrected chi connectivity index (χ0v) is 58.2. The first-order chi connectivity index (χ1) is 47.7. The van der Waals surface area contributed by atoms with Crippen molar-refractivity contribution in [3.8, 4) is 50.2 Å². The van der Waals surface area contributed by atoms with E-state index in [-0.39, 0.29) is 66.4 Å². The van der Waals surface area contributed by atoms with Gasteiger partial charge in [-0.1, -0.05) is 319 Å². The van der Waals surface area contributed by atoms with Crippen LogP contribution in [0, 0.1) is 0 Å². The van der Waals surface area contributed by atoms with Crippen LogP contribution in [-0.2, 0) is 32.5 Å². The molecule has 0 amide bonds. The van der Waals surface area contributed by atoms with Gasteiger partial charge in [0.15, 0.2) is 0 Å². The molecule has 12 aromatic rings. The average Bonchev–Trinajstić information content (AvgIpc) is 1.11. The number of aromatic nitrogens is 1. The minimum Gasteiger partial charge on any atom is -0.310 e. The zero-order chi connectivity index (χ0) is 73.3. The van der Waals surface area contributed by atoms with Crippen molar-refractivity contribution in [2.45, 2.75) is 157 Å². The number of rotatable bonds is 7. The van der Waals surface area contributed by atoms with Gasteiger partial charge < -0.3 is 14.4 Å². The van der Waals surface area contributed by atoms with Crippen LogP contribution in [0.15, 0.2) is 230 Å². The highest BCUT2D eigenvalue weighted by atomic mass is 15.2. The van der Waals surface area contributed by atoms with Crippen LogP contribution in [0.3, 0.4) is 0 Å². The number of hydrogen-bond acceptors (Lipinski definition) is 2. The van der Waals surface area contributed by atoms with Crippen LogP contribution in [0.4, 0.5) is 34.1 Å². The van der Waals surface area contributed by atoms with Crippen LogP contribution in [0.1, 0.15) is 169 Å². The molecular formula is C90H92BN3. The van der Waals surface area contributed by atoms with Crippen molar-refractivity contribution in [3.63, 3.8) is 0 Å². The van der Waals surface area contributed by atoms with Crippen molar-refractivity contribution in [1.82, 2.24) is 4.57 Å². The lowest BCUT2D eigenvalue weighted by Crippen LogP contribution is -2.61. The van der Waals surface area contributed by atoms with E-state index in [1.165, 1.54) is 22.3 Å². The van der Waals surface area contributed by atoms with Gasteiger partial charge in [0.2, 0.25) is 0 Å². The number of hydrogen-bond donors (Lipinski definition) is 0. The first-order valence-electron chi connectivity index (χ1n) is 37.5. The predicted molar refractivity (Wildman–Crippen MR) is 409 cm³/mol. The minimum atomic E-state index is -0.498. The van der Waals surface area contributed by atoms with Crippen molar-refractivity contribution >= 4 is 79.0 Å². The fraction of sp³-hybridized carbons (Fsp3) is 0.267. The standard InChI is InChI=1S/C90H92BN3/c1-85(2,3)61-41-33-57(34-42-61)68-27-23-28-69(58-35-43-62(44-36-58)86(4,5)6)83(68)93-78-53-65(89(13,14)15)49-51-74(78)91-75-52-50-66(90(16,17)18)54-79(75)94(81-56-67(55-80(93)82(81)91)92-76-31-21-19-25-72(76)73-26-20-22-32-77(73)92)84-70(59-37-45-63(46-38-59)87(7,8)9)29-24-30-71(84)60-39-47-64(48-40-60)88(10,11)12/h19-56H,1-18H3/i19D,20D,21D,22D,25D,26D,31D,32D. The molecule has 3 nitrogen and oxygen atoms in total. The summed E-state index contributed by atoms with van der Waals surface area (Å²) in [5.41, 5.74) is 22.9. The fourth-order valence-corrected chi connectivity index (χ4v) is 14.3. The highest BCUT2D eigenvalue weighted by Gasteiger charge is 2.46.